The normalized spacial score (nSPS) is 17.6. The van der Waals surface area contributed by atoms with Gasteiger partial charge in [-0.2, -0.15) is 0 Å². The number of carbonyl (C=O) groups is 1. The Bertz CT molecular complexity index is 640. The highest BCUT2D eigenvalue weighted by molar-refractivity contribution is 6.02. The lowest BCUT2D eigenvalue weighted by molar-refractivity contribution is 0.0936. The number of ketones is 1. The summed E-state index contributed by atoms with van der Waals surface area (Å²) < 4.78 is 0. The van der Waals surface area contributed by atoms with Gasteiger partial charge in [0.05, 0.1) is 0 Å². The Kier molecular flexibility index (Phi) is 2.98. The minimum atomic E-state index is 0.123. The van der Waals surface area contributed by atoms with Crippen molar-refractivity contribution < 1.29 is 4.79 Å². The molecule has 0 spiro atoms. The molecule has 96 valence electrons. The second kappa shape index (κ2) is 4.65. The topological polar surface area (TPSA) is 17.1 Å². The Labute approximate surface area is 114 Å². The van der Waals surface area contributed by atoms with E-state index in [1.807, 2.05) is 18.2 Å². The highest BCUT2D eigenvalue weighted by Crippen LogP contribution is 2.29. The van der Waals surface area contributed by atoms with E-state index >= 15 is 0 Å². The Hall–Kier alpha value is -1.89. The molecule has 0 bridgehead atoms. The fraction of sp³-hybridized carbons (Fsp3) is 0.278. The molecule has 1 heteroatoms. The van der Waals surface area contributed by atoms with Gasteiger partial charge in [0.25, 0.3) is 0 Å². The van der Waals surface area contributed by atoms with Gasteiger partial charge >= 0.3 is 0 Å². The number of aryl methyl sites for hydroxylation is 2. The highest BCUT2D eigenvalue weighted by Gasteiger charge is 2.30. The van der Waals surface area contributed by atoms with E-state index in [0.717, 1.165) is 18.4 Å². The van der Waals surface area contributed by atoms with Crippen LogP contribution in [0.3, 0.4) is 0 Å². The van der Waals surface area contributed by atoms with Crippen LogP contribution < -0.4 is 0 Å². The molecule has 1 atom stereocenters. The zero-order chi connectivity index (χ0) is 13.4. The van der Waals surface area contributed by atoms with Gasteiger partial charge in [-0.25, -0.2) is 0 Å². The zero-order valence-corrected chi connectivity index (χ0v) is 11.4. The maximum atomic E-state index is 12.4. The van der Waals surface area contributed by atoms with Crippen LogP contribution in [-0.2, 0) is 12.8 Å². The first kappa shape index (κ1) is 12.2. The van der Waals surface area contributed by atoms with Crippen LogP contribution in [0.4, 0.5) is 0 Å². The lowest BCUT2D eigenvalue weighted by Gasteiger charge is -2.11. The molecule has 0 saturated carbocycles. The summed E-state index contributed by atoms with van der Waals surface area (Å²) in [5, 5.41) is 0. The summed E-state index contributed by atoms with van der Waals surface area (Å²) in [5.41, 5.74) is 6.00. The molecular weight excluding hydrogens is 232 g/mol. The predicted octanol–water partition coefficient (Wildman–Crippen LogP) is 3.90. The molecule has 19 heavy (non-hydrogen) atoms. The SMILES string of the molecule is Cc1ccc(C)c(CC2Cc3ccccc3C2=O)c1. The third-order valence-electron chi connectivity index (χ3n) is 4.09. The van der Waals surface area contributed by atoms with Crippen molar-refractivity contribution >= 4 is 5.78 Å². The number of fused-ring (bicyclic) bond motifs is 1. The quantitative estimate of drug-likeness (QED) is 0.790. The number of Topliss-reactive ketones (excluding diaryl/α,β-unsaturated/α-hetero) is 1. The molecule has 2 aromatic carbocycles. The molecule has 1 nitrogen and oxygen atoms in total. The number of hydrogen-bond donors (Lipinski definition) is 0. The molecule has 0 saturated heterocycles. The Balaban J connectivity index is 1.87. The van der Waals surface area contributed by atoms with Gasteiger partial charge in [-0.15, -0.1) is 0 Å². The van der Waals surface area contributed by atoms with Crippen molar-refractivity contribution in [2.24, 2.45) is 5.92 Å². The largest absolute Gasteiger partial charge is 0.294 e. The van der Waals surface area contributed by atoms with Crippen molar-refractivity contribution in [3.05, 3.63) is 70.3 Å². The summed E-state index contributed by atoms with van der Waals surface area (Å²) >= 11 is 0. The second-order valence-corrected chi connectivity index (χ2v) is 5.56. The van der Waals surface area contributed by atoms with E-state index in [-0.39, 0.29) is 5.92 Å². The summed E-state index contributed by atoms with van der Waals surface area (Å²) in [6.45, 7) is 4.23. The number of benzene rings is 2. The second-order valence-electron chi connectivity index (χ2n) is 5.56. The molecule has 0 N–H and O–H groups in total. The van der Waals surface area contributed by atoms with Crippen molar-refractivity contribution in [3.8, 4) is 0 Å². The molecule has 0 heterocycles. The van der Waals surface area contributed by atoms with E-state index in [9.17, 15) is 4.79 Å². The monoisotopic (exact) mass is 250 g/mol. The molecule has 2 aromatic rings. The van der Waals surface area contributed by atoms with E-state index in [0.29, 0.717) is 5.78 Å². The third-order valence-corrected chi connectivity index (χ3v) is 4.09. The van der Waals surface area contributed by atoms with E-state index in [1.54, 1.807) is 0 Å². The van der Waals surface area contributed by atoms with E-state index < -0.39 is 0 Å². The Morgan fingerprint density at radius 1 is 1.11 bits per heavy atom. The summed E-state index contributed by atoms with van der Waals surface area (Å²) in [5.74, 6) is 0.439. The first-order chi connectivity index (χ1) is 9.15. The summed E-state index contributed by atoms with van der Waals surface area (Å²) in [6, 6.07) is 14.5. The molecule has 0 fully saturated rings. The number of carbonyl (C=O) groups excluding carboxylic acids is 1. The van der Waals surface area contributed by atoms with E-state index in [1.165, 1.54) is 22.3 Å². The molecule has 1 aliphatic rings. The van der Waals surface area contributed by atoms with Crippen LogP contribution in [0.15, 0.2) is 42.5 Å². The fourth-order valence-electron chi connectivity index (χ4n) is 2.97. The lowest BCUT2D eigenvalue weighted by atomic mass is 9.92. The van der Waals surface area contributed by atoms with Crippen LogP contribution in [-0.4, -0.2) is 5.78 Å². The Morgan fingerprint density at radius 2 is 1.89 bits per heavy atom. The molecule has 0 aromatic heterocycles. The number of hydrogen-bond acceptors (Lipinski definition) is 1. The number of rotatable bonds is 2. The van der Waals surface area contributed by atoms with E-state index in [2.05, 4.69) is 38.1 Å². The molecule has 0 amide bonds. The van der Waals surface area contributed by atoms with Crippen molar-refractivity contribution in [3.63, 3.8) is 0 Å². The van der Waals surface area contributed by atoms with Crippen LogP contribution in [0.2, 0.25) is 0 Å². The third kappa shape index (κ3) is 2.21. The maximum absolute atomic E-state index is 12.4. The smallest absolute Gasteiger partial charge is 0.166 e. The van der Waals surface area contributed by atoms with Crippen molar-refractivity contribution in [2.75, 3.05) is 0 Å². The van der Waals surface area contributed by atoms with Gasteiger partial charge in [0.1, 0.15) is 0 Å². The first-order valence-corrected chi connectivity index (χ1v) is 6.83. The van der Waals surface area contributed by atoms with Gasteiger partial charge < -0.3 is 0 Å². The van der Waals surface area contributed by atoms with Crippen LogP contribution in [0.5, 0.6) is 0 Å². The summed E-state index contributed by atoms with van der Waals surface area (Å²) in [4.78, 5) is 12.4. The Morgan fingerprint density at radius 3 is 2.68 bits per heavy atom. The molecule has 1 unspecified atom stereocenters. The van der Waals surface area contributed by atoms with Gasteiger partial charge in [0.2, 0.25) is 0 Å². The van der Waals surface area contributed by atoms with Gasteiger partial charge in [-0.1, -0.05) is 48.0 Å². The van der Waals surface area contributed by atoms with Crippen LogP contribution in [0, 0.1) is 19.8 Å². The maximum Gasteiger partial charge on any atom is 0.166 e. The molecule has 3 rings (SSSR count). The van der Waals surface area contributed by atoms with Crippen molar-refractivity contribution in [1.82, 2.24) is 0 Å². The molecular formula is C18H18O. The van der Waals surface area contributed by atoms with Gasteiger partial charge in [0.15, 0.2) is 5.78 Å². The van der Waals surface area contributed by atoms with Crippen LogP contribution >= 0.6 is 0 Å². The fourth-order valence-corrected chi connectivity index (χ4v) is 2.97. The summed E-state index contributed by atoms with van der Waals surface area (Å²) in [6.07, 6.45) is 1.75. The highest BCUT2D eigenvalue weighted by atomic mass is 16.1. The van der Waals surface area contributed by atoms with Crippen LogP contribution in [0.25, 0.3) is 0 Å². The van der Waals surface area contributed by atoms with Crippen LogP contribution in [0.1, 0.15) is 32.6 Å². The van der Waals surface area contributed by atoms with Crippen molar-refractivity contribution in [2.45, 2.75) is 26.7 Å². The molecule has 0 aliphatic heterocycles. The molecule has 0 radical (unpaired) electrons. The average molecular weight is 250 g/mol. The van der Waals surface area contributed by atoms with Gasteiger partial charge in [0, 0.05) is 11.5 Å². The summed E-state index contributed by atoms with van der Waals surface area (Å²) in [7, 11) is 0. The van der Waals surface area contributed by atoms with Gasteiger partial charge in [-0.05, 0) is 43.4 Å². The first-order valence-electron chi connectivity index (χ1n) is 6.83. The van der Waals surface area contributed by atoms with E-state index in [4.69, 9.17) is 0 Å². The average Bonchev–Trinajstić information content (AvgIpc) is 2.72. The minimum absolute atomic E-state index is 0.123. The van der Waals surface area contributed by atoms with Gasteiger partial charge in [-0.3, -0.25) is 4.79 Å². The zero-order valence-electron chi connectivity index (χ0n) is 11.4. The molecule has 1 aliphatic carbocycles. The minimum Gasteiger partial charge on any atom is -0.294 e. The standard InChI is InChI=1S/C18H18O/c1-12-7-8-13(2)15(9-12)11-16-10-14-5-3-4-6-17(14)18(16)19/h3-9,16H,10-11H2,1-2H3. The van der Waals surface area contributed by atoms with Crippen molar-refractivity contribution in [1.29, 1.82) is 0 Å². The predicted molar refractivity (Wildman–Crippen MR) is 77.6 cm³/mol. The lowest BCUT2D eigenvalue weighted by Crippen LogP contribution is -2.13.